The lowest BCUT2D eigenvalue weighted by molar-refractivity contribution is 0.304. The molecule has 5 rings (SSSR count). The Kier molecular flexibility index (Phi) is 3.79. The number of fused-ring (bicyclic) bond motifs is 6. The Balaban J connectivity index is 1.70. The highest BCUT2D eigenvalue weighted by atomic mass is 32.2. The first-order valence-electron chi connectivity index (χ1n) is 8.95. The number of aromatic nitrogens is 1. The van der Waals surface area contributed by atoms with E-state index in [1.54, 1.807) is 14.2 Å². The quantitative estimate of drug-likeness (QED) is 0.832. The maximum absolute atomic E-state index is 12.1. The predicted octanol–water partition coefficient (Wildman–Crippen LogP) is 3.81. The van der Waals surface area contributed by atoms with Gasteiger partial charge in [-0.25, -0.2) is 0 Å². The fourth-order valence-corrected chi connectivity index (χ4v) is 8.21. The molecule has 1 aromatic heterocycles. The Bertz CT molecular complexity index is 895. The van der Waals surface area contributed by atoms with E-state index in [9.17, 15) is 9.90 Å². The first-order chi connectivity index (χ1) is 12.6. The number of aromatic amines is 1. The lowest BCUT2D eigenvalue weighted by atomic mass is 9.75. The third-order valence-electron chi connectivity index (χ3n) is 6.33. The molecule has 2 N–H and O–H groups in total. The minimum Gasteiger partial charge on any atom is -0.502 e. The summed E-state index contributed by atoms with van der Waals surface area (Å²) in [6.45, 7) is 0. The van der Waals surface area contributed by atoms with E-state index in [-0.39, 0.29) is 16.5 Å². The summed E-state index contributed by atoms with van der Waals surface area (Å²) < 4.78 is 10.8. The summed E-state index contributed by atoms with van der Waals surface area (Å²) in [7, 11) is 3.10. The van der Waals surface area contributed by atoms with Crippen molar-refractivity contribution in [3.63, 3.8) is 0 Å². The van der Waals surface area contributed by atoms with E-state index in [0.29, 0.717) is 28.6 Å². The molecular weight excluding hydrogens is 370 g/mol. The lowest BCUT2D eigenvalue weighted by Crippen LogP contribution is -2.33. The van der Waals surface area contributed by atoms with Gasteiger partial charge in [-0.1, -0.05) is 11.3 Å². The molecule has 138 valence electrons. The number of hydrogen-bond acceptors (Lipinski definition) is 6. The molecule has 1 aromatic carbocycles. The molecule has 0 saturated heterocycles. The van der Waals surface area contributed by atoms with Gasteiger partial charge in [0.25, 0.3) is 0 Å². The van der Waals surface area contributed by atoms with Crippen LogP contribution in [0.2, 0.25) is 0 Å². The molecule has 2 aliphatic carbocycles. The monoisotopic (exact) mass is 391 g/mol. The van der Waals surface area contributed by atoms with Gasteiger partial charge in [-0.05, 0) is 54.7 Å². The Morgan fingerprint density at radius 3 is 2.54 bits per heavy atom. The number of nitrogens with one attached hydrogen (secondary N) is 1. The van der Waals surface area contributed by atoms with Crippen LogP contribution in [0.15, 0.2) is 22.0 Å². The molecule has 2 aromatic rings. The number of ether oxygens (including phenoxy) is 2. The molecule has 2 bridgehead atoms. The molecule has 1 aliphatic heterocycles. The van der Waals surface area contributed by atoms with Crippen LogP contribution in [0, 0.1) is 17.8 Å². The number of thiazole rings is 1. The number of H-pyrrole nitrogens is 1. The van der Waals surface area contributed by atoms with Crippen molar-refractivity contribution in [3.05, 3.63) is 32.2 Å². The van der Waals surface area contributed by atoms with E-state index in [4.69, 9.17) is 9.47 Å². The topological polar surface area (TPSA) is 71.6 Å². The zero-order valence-electron chi connectivity index (χ0n) is 14.7. The molecule has 0 unspecified atom stereocenters. The number of phenolic OH excluding ortho intramolecular Hbond substituents is 1. The molecule has 0 spiro atoms. The maximum atomic E-state index is 12.1. The van der Waals surface area contributed by atoms with Gasteiger partial charge in [0.05, 0.1) is 19.2 Å². The summed E-state index contributed by atoms with van der Waals surface area (Å²) in [6.07, 6.45) is 3.88. The second kappa shape index (κ2) is 5.96. The minimum atomic E-state index is 0.0116. The van der Waals surface area contributed by atoms with Gasteiger partial charge in [0.2, 0.25) is 5.75 Å². The number of benzene rings is 1. The van der Waals surface area contributed by atoms with E-state index in [0.717, 1.165) is 21.4 Å². The predicted molar refractivity (Wildman–Crippen MR) is 102 cm³/mol. The van der Waals surface area contributed by atoms with Crippen LogP contribution in [0.4, 0.5) is 0 Å². The van der Waals surface area contributed by atoms with Gasteiger partial charge in [0.15, 0.2) is 11.5 Å². The zero-order valence-corrected chi connectivity index (χ0v) is 16.3. The molecule has 7 heteroatoms. The van der Waals surface area contributed by atoms with Gasteiger partial charge in [-0.2, -0.15) is 0 Å². The van der Waals surface area contributed by atoms with Crippen LogP contribution in [-0.2, 0) is 0 Å². The van der Waals surface area contributed by atoms with Crippen molar-refractivity contribution in [2.24, 2.45) is 17.8 Å². The average Bonchev–Trinajstić information content (AvgIpc) is 3.33. The number of hydrogen-bond donors (Lipinski definition) is 2. The highest BCUT2D eigenvalue weighted by molar-refractivity contribution is 8.00. The van der Waals surface area contributed by atoms with Crippen LogP contribution in [0.3, 0.4) is 0 Å². The summed E-state index contributed by atoms with van der Waals surface area (Å²) in [6, 6.07) is 3.82. The average molecular weight is 392 g/mol. The molecule has 5 nitrogen and oxygen atoms in total. The summed E-state index contributed by atoms with van der Waals surface area (Å²) in [5, 5.41) is 11.9. The zero-order chi connectivity index (χ0) is 18.0. The Morgan fingerprint density at radius 2 is 1.85 bits per heavy atom. The van der Waals surface area contributed by atoms with Gasteiger partial charge in [-0.15, -0.1) is 11.8 Å². The van der Waals surface area contributed by atoms with Gasteiger partial charge in [0.1, 0.15) is 0 Å². The Hall–Kier alpha value is -1.60. The summed E-state index contributed by atoms with van der Waals surface area (Å²) >= 11 is 3.20. The molecule has 2 fully saturated rings. The van der Waals surface area contributed by atoms with Crippen molar-refractivity contribution in [1.29, 1.82) is 0 Å². The van der Waals surface area contributed by atoms with Crippen molar-refractivity contribution < 1.29 is 14.6 Å². The van der Waals surface area contributed by atoms with Gasteiger partial charge in [-0.3, -0.25) is 4.79 Å². The van der Waals surface area contributed by atoms with Crippen LogP contribution >= 0.6 is 23.1 Å². The smallest absolute Gasteiger partial charge is 0.305 e. The van der Waals surface area contributed by atoms with Crippen molar-refractivity contribution in [2.75, 3.05) is 14.2 Å². The third kappa shape index (κ3) is 2.26. The molecular formula is C19H21NO4S2. The van der Waals surface area contributed by atoms with Crippen LogP contribution in [0.25, 0.3) is 0 Å². The standard InChI is InChI=1S/C19H21NO4S2/c1-23-11-6-10(7-12(24-2)15(11)21)14-13-8-3-4-9(5-8)16(13)25-18-17(14)26-19(22)20-18/h6-9,13-14,16,21H,3-5H2,1-2H3,(H,20,22)/t8-,9-,13-,14-,16-/m0/s1. The van der Waals surface area contributed by atoms with Crippen LogP contribution in [-0.4, -0.2) is 29.6 Å². The van der Waals surface area contributed by atoms with Gasteiger partial charge >= 0.3 is 4.87 Å². The third-order valence-corrected chi connectivity index (χ3v) is 8.95. The van der Waals surface area contributed by atoms with Crippen molar-refractivity contribution in [1.82, 2.24) is 4.98 Å². The summed E-state index contributed by atoms with van der Waals surface area (Å²) in [5.41, 5.74) is 1.07. The number of aromatic hydroxyl groups is 1. The first kappa shape index (κ1) is 16.6. The maximum Gasteiger partial charge on any atom is 0.305 e. The highest BCUT2D eigenvalue weighted by Crippen LogP contribution is 2.64. The van der Waals surface area contributed by atoms with Gasteiger partial charge < -0.3 is 19.6 Å². The van der Waals surface area contributed by atoms with Crippen LogP contribution in [0.1, 0.15) is 35.6 Å². The van der Waals surface area contributed by atoms with Crippen LogP contribution < -0.4 is 14.3 Å². The number of rotatable bonds is 3. The van der Waals surface area contributed by atoms with E-state index >= 15 is 0 Å². The Labute approximate surface area is 159 Å². The SMILES string of the molecule is COc1cc([C@@H]2c3sc(=O)[nH]c3S[C@H]3[C@H]4CC[C@@H](C4)[C@@H]23)cc(OC)c1O. The first-order valence-corrected chi connectivity index (χ1v) is 10.6. The highest BCUT2D eigenvalue weighted by Gasteiger charge is 2.54. The summed E-state index contributed by atoms with van der Waals surface area (Å²) in [5.74, 6) is 2.99. The lowest BCUT2D eigenvalue weighted by Gasteiger charge is -2.40. The number of thioether (sulfide) groups is 1. The van der Waals surface area contributed by atoms with Crippen molar-refractivity contribution in [3.8, 4) is 17.2 Å². The minimum absolute atomic E-state index is 0.0116. The molecule has 0 amide bonds. The fourth-order valence-electron chi connectivity index (χ4n) is 5.32. The Morgan fingerprint density at radius 1 is 1.15 bits per heavy atom. The van der Waals surface area contributed by atoms with Crippen molar-refractivity contribution in [2.45, 2.75) is 35.5 Å². The van der Waals surface area contributed by atoms with Crippen molar-refractivity contribution >= 4 is 23.1 Å². The molecule has 5 atom stereocenters. The molecule has 3 aliphatic rings. The molecule has 26 heavy (non-hydrogen) atoms. The molecule has 2 heterocycles. The largest absolute Gasteiger partial charge is 0.502 e. The van der Waals surface area contributed by atoms with Gasteiger partial charge in [0, 0.05) is 16.0 Å². The van der Waals surface area contributed by atoms with E-state index in [1.807, 2.05) is 23.9 Å². The second-order valence-corrected chi connectivity index (χ2v) is 9.66. The normalized spacial score (nSPS) is 31.5. The van der Waals surface area contributed by atoms with E-state index < -0.39 is 0 Å². The van der Waals surface area contributed by atoms with E-state index in [1.165, 1.54) is 30.6 Å². The number of phenols is 1. The fraction of sp³-hybridized carbons (Fsp3) is 0.526. The molecule has 2 saturated carbocycles. The summed E-state index contributed by atoms with van der Waals surface area (Å²) in [4.78, 5) is 16.3. The molecule has 0 radical (unpaired) electrons. The van der Waals surface area contributed by atoms with E-state index in [2.05, 4.69) is 4.98 Å². The second-order valence-electron chi connectivity index (χ2n) is 7.45. The van der Waals surface area contributed by atoms with Crippen LogP contribution in [0.5, 0.6) is 17.2 Å². The number of methoxy groups -OCH3 is 2.